The molecule has 0 spiro atoms. The molecule has 256 valence electrons. The highest BCUT2D eigenvalue weighted by molar-refractivity contribution is 5.90. The molecular formula is C34H48O12. The quantitative estimate of drug-likeness (QED) is 0.184. The Morgan fingerprint density at radius 1 is 0.978 bits per heavy atom. The largest absolute Gasteiger partial charge is 0.455 e. The number of carbonyl (C=O) groups is 2. The number of rotatable bonds is 4. The molecule has 0 radical (unpaired) electrons. The van der Waals surface area contributed by atoms with Gasteiger partial charge in [0.05, 0.1) is 24.2 Å². The van der Waals surface area contributed by atoms with Gasteiger partial charge in [-0.15, -0.1) is 0 Å². The number of hydrogen-bond acceptors (Lipinski definition) is 12. The molecule has 12 nitrogen and oxygen atoms in total. The second kappa shape index (κ2) is 10.4. The summed E-state index contributed by atoms with van der Waals surface area (Å²) in [6.45, 7) is 8.78. The van der Waals surface area contributed by atoms with Crippen LogP contribution in [0.2, 0.25) is 0 Å². The summed E-state index contributed by atoms with van der Waals surface area (Å²) in [6, 6.07) is 0. The number of aliphatic hydroxyl groups is 6. The van der Waals surface area contributed by atoms with Crippen LogP contribution in [0.5, 0.6) is 0 Å². The van der Waals surface area contributed by atoms with Crippen LogP contribution in [-0.4, -0.2) is 115 Å². The number of ketones is 1. The summed E-state index contributed by atoms with van der Waals surface area (Å²) in [4.78, 5) is 27.0. The van der Waals surface area contributed by atoms with Crippen molar-refractivity contribution in [3.05, 3.63) is 22.8 Å². The minimum Gasteiger partial charge on any atom is -0.455 e. The van der Waals surface area contributed by atoms with Crippen molar-refractivity contribution in [1.82, 2.24) is 0 Å². The number of carbonyl (C=O) groups excluding carboxylic acids is 2. The molecule has 5 fully saturated rings. The van der Waals surface area contributed by atoms with Gasteiger partial charge in [0.1, 0.15) is 53.1 Å². The van der Waals surface area contributed by atoms with Crippen molar-refractivity contribution in [1.29, 1.82) is 0 Å². The first-order valence-corrected chi connectivity index (χ1v) is 16.7. The van der Waals surface area contributed by atoms with Gasteiger partial charge in [-0.05, 0) is 65.2 Å². The molecule has 15 unspecified atom stereocenters. The molecule has 0 amide bonds. The molecule has 46 heavy (non-hydrogen) atoms. The summed E-state index contributed by atoms with van der Waals surface area (Å²) in [5.74, 6) is -0.982. The first-order valence-electron chi connectivity index (χ1n) is 16.7. The van der Waals surface area contributed by atoms with Crippen LogP contribution in [0.1, 0.15) is 79.6 Å². The van der Waals surface area contributed by atoms with E-state index in [1.165, 1.54) is 0 Å². The highest BCUT2D eigenvalue weighted by atomic mass is 16.7. The van der Waals surface area contributed by atoms with Crippen LogP contribution in [0.4, 0.5) is 0 Å². The molecule has 2 bridgehead atoms. The molecule has 3 saturated carbocycles. The van der Waals surface area contributed by atoms with E-state index in [0.29, 0.717) is 37.7 Å². The maximum atomic E-state index is 14.2. The lowest BCUT2D eigenvalue weighted by atomic mass is 9.45. The molecule has 7 aliphatic rings. The smallest absolute Gasteiger partial charge is 0.334 e. The number of cyclic esters (lactones) is 1. The van der Waals surface area contributed by atoms with Gasteiger partial charge >= 0.3 is 5.97 Å². The zero-order valence-corrected chi connectivity index (χ0v) is 27.1. The first kappa shape index (κ1) is 32.8. The Labute approximate surface area is 268 Å². The van der Waals surface area contributed by atoms with Gasteiger partial charge in [0.15, 0.2) is 6.29 Å². The van der Waals surface area contributed by atoms with Crippen molar-refractivity contribution in [3.8, 4) is 0 Å². The Hall–Kier alpha value is -1.74. The van der Waals surface area contributed by atoms with E-state index in [4.69, 9.17) is 18.9 Å². The molecule has 0 aromatic rings. The lowest BCUT2D eigenvalue weighted by molar-refractivity contribution is -0.312. The zero-order valence-electron chi connectivity index (χ0n) is 27.1. The highest BCUT2D eigenvalue weighted by Gasteiger charge is 2.87. The zero-order chi connectivity index (χ0) is 33.4. The second-order valence-electron chi connectivity index (χ2n) is 15.6. The van der Waals surface area contributed by atoms with Gasteiger partial charge < -0.3 is 49.6 Å². The monoisotopic (exact) mass is 648 g/mol. The van der Waals surface area contributed by atoms with E-state index in [-0.39, 0.29) is 30.5 Å². The first-order chi connectivity index (χ1) is 21.5. The number of fused-ring (bicyclic) bond motifs is 3. The third-order valence-corrected chi connectivity index (χ3v) is 13.9. The van der Waals surface area contributed by atoms with Gasteiger partial charge in [-0.1, -0.05) is 24.1 Å². The van der Waals surface area contributed by atoms with Gasteiger partial charge in [0.25, 0.3) is 0 Å². The van der Waals surface area contributed by atoms with Crippen molar-refractivity contribution in [2.45, 2.75) is 145 Å². The predicted molar refractivity (Wildman–Crippen MR) is 159 cm³/mol. The number of aliphatic hydroxyl groups excluding tert-OH is 5. The van der Waals surface area contributed by atoms with Gasteiger partial charge in [0.2, 0.25) is 0 Å². The summed E-state index contributed by atoms with van der Waals surface area (Å²) in [5, 5.41) is 64.9. The predicted octanol–water partition coefficient (Wildman–Crippen LogP) is 0.579. The molecule has 3 heterocycles. The fourth-order valence-electron chi connectivity index (χ4n) is 10.9. The fourth-order valence-corrected chi connectivity index (χ4v) is 10.9. The van der Waals surface area contributed by atoms with Crippen LogP contribution in [-0.2, 0) is 28.5 Å². The molecule has 2 saturated heterocycles. The maximum absolute atomic E-state index is 14.2. The lowest BCUT2D eigenvalue weighted by Gasteiger charge is -2.60. The van der Waals surface area contributed by atoms with Crippen LogP contribution in [0.25, 0.3) is 0 Å². The Morgan fingerprint density at radius 2 is 1.70 bits per heavy atom. The topological polar surface area (TPSA) is 192 Å². The minimum atomic E-state index is -1.58. The molecule has 4 aliphatic carbocycles. The third-order valence-electron chi connectivity index (χ3n) is 13.9. The maximum Gasteiger partial charge on any atom is 0.334 e. The number of ether oxygens (including phenoxy) is 4. The standard InChI is InChI=1S/C34H48O12/c1-15-10-24(45-28(41)16(15)2)32(5)33(42)13-23(37)34(46-32)20-7-6-17-11-18(43-29-27(40)26(39)25(38)21(14-35)44-29)12-22(36)31(17,4)19(20)8-9-30(33,34)3/h6,18-21,23-27,29,35,37-40,42H,7-14H2,1-5H3. The van der Waals surface area contributed by atoms with Crippen LogP contribution >= 0.6 is 0 Å². The number of allylic oxidation sites excluding steroid dienone is 1. The molecule has 0 aromatic heterocycles. The van der Waals surface area contributed by atoms with Gasteiger partial charge in [0, 0.05) is 30.3 Å². The van der Waals surface area contributed by atoms with Gasteiger partial charge in [-0.25, -0.2) is 4.79 Å². The van der Waals surface area contributed by atoms with Gasteiger partial charge in [-0.3, -0.25) is 4.79 Å². The summed E-state index contributed by atoms with van der Waals surface area (Å²) >= 11 is 0. The molecule has 3 aliphatic heterocycles. The number of hydrogen-bond donors (Lipinski definition) is 6. The summed E-state index contributed by atoms with van der Waals surface area (Å²) < 4.78 is 24.5. The summed E-state index contributed by atoms with van der Waals surface area (Å²) in [5.41, 5.74) is -3.35. The molecule has 12 heteroatoms. The van der Waals surface area contributed by atoms with Crippen molar-refractivity contribution in [3.63, 3.8) is 0 Å². The second-order valence-corrected chi connectivity index (χ2v) is 15.6. The van der Waals surface area contributed by atoms with Crippen LogP contribution in [0.3, 0.4) is 0 Å². The van der Waals surface area contributed by atoms with Crippen LogP contribution in [0.15, 0.2) is 22.8 Å². The molecule has 7 rings (SSSR count). The van der Waals surface area contributed by atoms with Crippen molar-refractivity contribution in [2.75, 3.05) is 6.61 Å². The highest BCUT2D eigenvalue weighted by Crippen LogP contribution is 2.77. The van der Waals surface area contributed by atoms with E-state index in [1.54, 1.807) is 6.92 Å². The van der Waals surface area contributed by atoms with E-state index in [0.717, 1.165) is 11.1 Å². The Kier molecular flexibility index (Phi) is 7.40. The van der Waals surface area contributed by atoms with E-state index < -0.39 is 89.2 Å². The van der Waals surface area contributed by atoms with E-state index in [1.807, 2.05) is 33.8 Å². The fraction of sp³-hybridized carbons (Fsp3) is 0.824. The normalized spacial score (nSPS) is 55.0. The Morgan fingerprint density at radius 3 is 2.37 bits per heavy atom. The average molecular weight is 649 g/mol. The van der Waals surface area contributed by atoms with Crippen LogP contribution < -0.4 is 0 Å². The van der Waals surface area contributed by atoms with Crippen molar-refractivity contribution < 1.29 is 59.2 Å². The third kappa shape index (κ3) is 3.82. The van der Waals surface area contributed by atoms with E-state index in [9.17, 15) is 40.2 Å². The van der Waals surface area contributed by atoms with E-state index >= 15 is 0 Å². The lowest BCUT2D eigenvalue weighted by Crippen LogP contribution is -2.65. The SMILES string of the molecule is CC1=C(C)C(=O)OC(C2(C)OC34C(O)CC2(O)C3(C)CCC2C4CC=C3CC(OC4OC(CO)C(O)C(O)C4O)CC(=O)C32C)C1. The summed E-state index contributed by atoms with van der Waals surface area (Å²) in [6.07, 6.45) is -4.95. The molecule has 15 atom stereocenters. The number of esters is 1. The Bertz CT molecular complexity index is 1390. The van der Waals surface area contributed by atoms with Crippen LogP contribution in [0, 0.1) is 22.7 Å². The van der Waals surface area contributed by atoms with Crippen molar-refractivity contribution in [2.24, 2.45) is 22.7 Å². The summed E-state index contributed by atoms with van der Waals surface area (Å²) in [7, 11) is 0. The molecular weight excluding hydrogens is 600 g/mol. The van der Waals surface area contributed by atoms with Crippen molar-refractivity contribution >= 4 is 11.8 Å². The molecule has 6 N–H and O–H groups in total. The number of Topliss-reactive ketones (excluding diaryl/α,β-unsaturated/α-hetero) is 1. The minimum absolute atomic E-state index is 0.0183. The Balaban J connectivity index is 1.19. The van der Waals surface area contributed by atoms with Gasteiger partial charge in [-0.2, -0.15) is 0 Å². The van der Waals surface area contributed by atoms with E-state index in [2.05, 4.69) is 0 Å². The average Bonchev–Trinajstić information content (AvgIpc) is 3.29. The molecule has 0 aromatic carbocycles.